The summed E-state index contributed by atoms with van der Waals surface area (Å²) in [5, 5.41) is 6.60. The summed E-state index contributed by atoms with van der Waals surface area (Å²) < 4.78 is 38.0. The van der Waals surface area contributed by atoms with Gasteiger partial charge < -0.3 is 4.90 Å². The molecule has 0 fully saturated rings. The van der Waals surface area contributed by atoms with Crippen LogP contribution in [0.15, 0.2) is 47.6 Å². The first-order valence-electron chi connectivity index (χ1n) is 7.53. The Morgan fingerprint density at radius 1 is 1.00 bits per heavy atom. The SMILES string of the molecule is C/C(=N/N(C)c1ccc(C(F)(F)F)cc1)c1cc(Cl)ccc1N(C)C. The minimum atomic E-state index is -4.35. The van der Waals surface area contributed by atoms with Crippen molar-refractivity contribution in [3.05, 3.63) is 58.6 Å². The average Bonchev–Trinajstić information content (AvgIpc) is 2.53. The first kappa shape index (κ1) is 19.1. The van der Waals surface area contributed by atoms with Gasteiger partial charge in [0.1, 0.15) is 0 Å². The third-order valence-electron chi connectivity index (χ3n) is 3.70. The van der Waals surface area contributed by atoms with Gasteiger partial charge in [0.2, 0.25) is 0 Å². The largest absolute Gasteiger partial charge is 0.416 e. The van der Waals surface area contributed by atoms with Crippen LogP contribution in [0.4, 0.5) is 24.5 Å². The molecule has 134 valence electrons. The maximum absolute atomic E-state index is 12.7. The molecule has 0 unspecified atom stereocenters. The molecule has 3 nitrogen and oxygen atoms in total. The van der Waals surface area contributed by atoms with E-state index < -0.39 is 11.7 Å². The zero-order valence-corrected chi connectivity index (χ0v) is 15.2. The Hall–Kier alpha value is -2.21. The van der Waals surface area contributed by atoms with Crippen molar-refractivity contribution in [3.8, 4) is 0 Å². The first-order chi connectivity index (χ1) is 11.6. The molecule has 0 N–H and O–H groups in total. The lowest BCUT2D eigenvalue weighted by Gasteiger charge is -2.20. The van der Waals surface area contributed by atoms with E-state index in [1.165, 1.54) is 17.1 Å². The molecule has 2 rings (SSSR count). The van der Waals surface area contributed by atoms with Gasteiger partial charge in [-0.1, -0.05) is 11.6 Å². The lowest BCUT2D eigenvalue weighted by molar-refractivity contribution is -0.137. The molecule has 0 radical (unpaired) electrons. The van der Waals surface area contributed by atoms with Crippen LogP contribution in [0.3, 0.4) is 0 Å². The fourth-order valence-electron chi connectivity index (χ4n) is 2.39. The second-order valence-electron chi connectivity index (χ2n) is 5.81. The molecule has 0 atom stereocenters. The Morgan fingerprint density at radius 2 is 1.60 bits per heavy atom. The molecule has 0 bridgehead atoms. The molecule has 0 saturated heterocycles. The maximum Gasteiger partial charge on any atom is 0.416 e. The minimum absolute atomic E-state index is 0.556. The van der Waals surface area contributed by atoms with Crippen LogP contribution in [0.25, 0.3) is 0 Å². The summed E-state index contributed by atoms with van der Waals surface area (Å²) in [6.45, 7) is 1.83. The van der Waals surface area contributed by atoms with Crippen LogP contribution in [0.5, 0.6) is 0 Å². The van der Waals surface area contributed by atoms with E-state index in [9.17, 15) is 13.2 Å². The van der Waals surface area contributed by atoms with Crippen molar-refractivity contribution >= 4 is 28.7 Å². The number of hydrogen-bond donors (Lipinski definition) is 0. The molecule has 0 saturated carbocycles. The molecule has 0 heterocycles. The summed E-state index contributed by atoms with van der Waals surface area (Å²) in [5.74, 6) is 0. The van der Waals surface area contributed by atoms with Crippen molar-refractivity contribution in [1.82, 2.24) is 0 Å². The van der Waals surface area contributed by atoms with E-state index in [1.54, 1.807) is 13.1 Å². The van der Waals surface area contributed by atoms with E-state index in [0.717, 1.165) is 23.4 Å². The zero-order chi connectivity index (χ0) is 18.8. The van der Waals surface area contributed by atoms with Gasteiger partial charge in [-0.05, 0) is 49.4 Å². The van der Waals surface area contributed by atoms with Crippen LogP contribution in [0, 0.1) is 0 Å². The Bertz CT molecular complexity index is 768. The fraction of sp³-hybridized carbons (Fsp3) is 0.278. The number of anilines is 2. The molecule has 7 heteroatoms. The Balaban J connectivity index is 2.32. The number of hydrazone groups is 1. The smallest absolute Gasteiger partial charge is 0.377 e. The highest BCUT2D eigenvalue weighted by Gasteiger charge is 2.30. The first-order valence-corrected chi connectivity index (χ1v) is 7.91. The monoisotopic (exact) mass is 369 g/mol. The third-order valence-corrected chi connectivity index (χ3v) is 3.93. The molecule has 0 aromatic heterocycles. The molecule has 0 aliphatic rings. The van der Waals surface area contributed by atoms with Gasteiger partial charge in [0, 0.05) is 37.4 Å². The highest BCUT2D eigenvalue weighted by atomic mass is 35.5. The molecule has 2 aromatic rings. The van der Waals surface area contributed by atoms with Crippen molar-refractivity contribution < 1.29 is 13.2 Å². The van der Waals surface area contributed by atoms with Crippen LogP contribution in [0.1, 0.15) is 18.1 Å². The molecule has 0 spiro atoms. The maximum atomic E-state index is 12.7. The quantitative estimate of drug-likeness (QED) is 0.539. The van der Waals surface area contributed by atoms with Gasteiger partial charge in [0.05, 0.1) is 17.0 Å². The summed E-state index contributed by atoms with van der Waals surface area (Å²) in [4.78, 5) is 1.95. The van der Waals surface area contributed by atoms with Crippen molar-refractivity contribution in [3.63, 3.8) is 0 Å². The van der Waals surface area contributed by atoms with Gasteiger partial charge in [0.15, 0.2) is 0 Å². The highest BCUT2D eigenvalue weighted by molar-refractivity contribution is 6.31. The van der Waals surface area contributed by atoms with Crippen LogP contribution in [0.2, 0.25) is 5.02 Å². The number of hydrogen-bond acceptors (Lipinski definition) is 3. The van der Waals surface area contributed by atoms with Gasteiger partial charge in [0.25, 0.3) is 0 Å². The second kappa shape index (κ2) is 7.35. The van der Waals surface area contributed by atoms with Crippen molar-refractivity contribution in [2.45, 2.75) is 13.1 Å². The van der Waals surface area contributed by atoms with Gasteiger partial charge in [-0.3, -0.25) is 5.01 Å². The van der Waals surface area contributed by atoms with Gasteiger partial charge in [-0.15, -0.1) is 0 Å². The number of benzene rings is 2. The van der Waals surface area contributed by atoms with Gasteiger partial charge in [-0.2, -0.15) is 18.3 Å². The fourth-order valence-corrected chi connectivity index (χ4v) is 2.56. The predicted molar refractivity (Wildman–Crippen MR) is 97.8 cm³/mol. The molecule has 25 heavy (non-hydrogen) atoms. The van der Waals surface area contributed by atoms with Crippen LogP contribution in [-0.2, 0) is 6.18 Å². The van der Waals surface area contributed by atoms with Gasteiger partial charge in [-0.25, -0.2) is 0 Å². The Morgan fingerprint density at radius 3 is 2.12 bits per heavy atom. The lowest BCUT2D eigenvalue weighted by atomic mass is 10.1. The van der Waals surface area contributed by atoms with E-state index in [2.05, 4.69) is 5.10 Å². The van der Waals surface area contributed by atoms with Crippen LogP contribution in [-0.4, -0.2) is 26.9 Å². The van der Waals surface area contributed by atoms with Crippen LogP contribution >= 0.6 is 11.6 Å². The van der Waals surface area contributed by atoms with E-state index >= 15 is 0 Å². The number of halogens is 4. The summed E-state index contributed by atoms with van der Waals surface area (Å²) in [7, 11) is 5.52. The molecule has 2 aromatic carbocycles. The van der Waals surface area contributed by atoms with Gasteiger partial charge >= 0.3 is 6.18 Å². The average molecular weight is 370 g/mol. The standard InChI is InChI=1S/C18H19ClF3N3/c1-12(16-11-14(19)7-10-17(16)24(2)3)23-25(4)15-8-5-13(6-9-15)18(20,21)22/h5-11H,1-4H3/b23-12-. The summed E-state index contributed by atoms with van der Waals surface area (Å²) in [5.41, 5.74) is 2.38. The molecule has 0 amide bonds. The van der Waals surface area contributed by atoms with E-state index in [4.69, 9.17) is 11.6 Å². The van der Waals surface area contributed by atoms with E-state index in [1.807, 2.05) is 38.1 Å². The molecule has 0 aliphatic heterocycles. The van der Waals surface area contributed by atoms with Crippen molar-refractivity contribution in [2.75, 3.05) is 31.1 Å². The zero-order valence-electron chi connectivity index (χ0n) is 14.4. The topological polar surface area (TPSA) is 18.8 Å². The van der Waals surface area contributed by atoms with E-state index in [0.29, 0.717) is 16.4 Å². The molecular formula is C18H19ClF3N3. The Labute approximate surface area is 150 Å². The number of nitrogens with zero attached hydrogens (tertiary/aromatic N) is 3. The highest BCUT2D eigenvalue weighted by Crippen LogP contribution is 2.30. The minimum Gasteiger partial charge on any atom is -0.377 e. The molecule has 0 aliphatic carbocycles. The van der Waals surface area contributed by atoms with Crippen molar-refractivity contribution in [2.24, 2.45) is 5.10 Å². The lowest BCUT2D eigenvalue weighted by Crippen LogP contribution is -2.16. The van der Waals surface area contributed by atoms with Crippen molar-refractivity contribution in [1.29, 1.82) is 0 Å². The number of rotatable bonds is 4. The summed E-state index contributed by atoms with van der Waals surface area (Å²) >= 11 is 6.09. The Kier molecular flexibility index (Phi) is 5.62. The summed E-state index contributed by atoms with van der Waals surface area (Å²) in [6, 6.07) is 10.4. The second-order valence-corrected chi connectivity index (χ2v) is 6.25. The predicted octanol–water partition coefficient (Wildman–Crippen LogP) is 5.29. The van der Waals surface area contributed by atoms with Crippen LogP contribution < -0.4 is 9.91 Å². The normalized spacial score (nSPS) is 12.2. The van der Waals surface area contributed by atoms with E-state index in [-0.39, 0.29) is 0 Å². The third kappa shape index (κ3) is 4.66. The summed E-state index contributed by atoms with van der Waals surface area (Å²) in [6.07, 6.45) is -4.35. The number of alkyl halides is 3. The molecular weight excluding hydrogens is 351 g/mol.